The van der Waals surface area contributed by atoms with Gasteiger partial charge in [-0.25, -0.2) is 0 Å². The van der Waals surface area contributed by atoms with Crippen molar-refractivity contribution in [1.29, 1.82) is 0 Å². The molecule has 0 unspecified atom stereocenters. The van der Waals surface area contributed by atoms with Crippen LogP contribution in [-0.2, 0) is 35.6 Å². The number of carboxylic acids is 1. The number of aliphatic hydroxyl groups excluding tert-OH is 1. The lowest BCUT2D eigenvalue weighted by atomic mass is 9.99. The molecule has 0 bridgehead atoms. The van der Waals surface area contributed by atoms with Crippen LogP contribution in [0.15, 0.2) is 71.1 Å². The van der Waals surface area contributed by atoms with E-state index in [1.165, 1.54) is 0 Å². The zero-order chi connectivity index (χ0) is 30.9. The maximum absolute atomic E-state index is 11.3. The largest absolute Gasteiger partial charge is 0.489 e. The molecule has 1 fully saturated rings. The van der Waals surface area contributed by atoms with E-state index in [1.54, 1.807) is 12.1 Å². The van der Waals surface area contributed by atoms with E-state index in [1.807, 2.05) is 52.0 Å². The summed E-state index contributed by atoms with van der Waals surface area (Å²) in [5.74, 6) is 0.598. The lowest BCUT2D eigenvalue weighted by molar-refractivity contribution is -0.136. The van der Waals surface area contributed by atoms with E-state index in [-0.39, 0.29) is 6.42 Å². The molecular formula is C34H46N2O6. The Bertz CT molecular complexity index is 1360. The van der Waals surface area contributed by atoms with Crippen LogP contribution in [0.1, 0.15) is 50.1 Å². The molecule has 5 rings (SSSR count). The Hall–Kier alpha value is -3.69. The van der Waals surface area contributed by atoms with Gasteiger partial charge in [-0.15, -0.1) is 0 Å². The maximum atomic E-state index is 11.3. The average Bonchev–Trinajstić information content (AvgIpc) is 3.45. The Balaban J connectivity index is 0.000000966. The minimum Gasteiger partial charge on any atom is -0.489 e. The number of rotatable bonds is 9. The fourth-order valence-electron chi connectivity index (χ4n) is 4.60. The smallest absolute Gasteiger partial charge is 0.307 e. The first-order valence-electron chi connectivity index (χ1n) is 14.6. The number of morpholine rings is 1. The third kappa shape index (κ3) is 9.70. The van der Waals surface area contributed by atoms with Gasteiger partial charge in [0, 0.05) is 43.3 Å². The average molecular weight is 579 g/mol. The Labute approximate surface area is 249 Å². The van der Waals surface area contributed by atoms with Crippen LogP contribution in [-0.4, -0.2) is 54.5 Å². The second kappa shape index (κ2) is 18.7. The SMILES string of the molecule is CC.CC.CO.NCc1cccc(-c2cc(COc3ccccc3CC(=O)O)cc3cc(CN4CCOCC4)oc23)c1. The van der Waals surface area contributed by atoms with E-state index in [0.717, 1.165) is 78.9 Å². The number of carbonyl (C=O) groups is 1. The third-order valence-electron chi connectivity index (χ3n) is 6.39. The number of aliphatic carboxylic acids is 1. The molecule has 42 heavy (non-hydrogen) atoms. The summed E-state index contributed by atoms with van der Waals surface area (Å²) < 4.78 is 18.0. The molecule has 3 aromatic carbocycles. The first-order valence-corrected chi connectivity index (χ1v) is 14.6. The van der Waals surface area contributed by atoms with Crippen molar-refractivity contribution in [2.75, 3.05) is 33.4 Å². The van der Waals surface area contributed by atoms with Crippen molar-refractivity contribution in [1.82, 2.24) is 4.90 Å². The number of hydrogen-bond acceptors (Lipinski definition) is 7. The van der Waals surface area contributed by atoms with Crippen LogP contribution in [0.2, 0.25) is 0 Å². The molecule has 0 radical (unpaired) electrons. The summed E-state index contributed by atoms with van der Waals surface area (Å²) in [4.78, 5) is 13.6. The summed E-state index contributed by atoms with van der Waals surface area (Å²) in [6.45, 7) is 12.7. The van der Waals surface area contributed by atoms with Crippen LogP contribution in [0.5, 0.6) is 5.75 Å². The van der Waals surface area contributed by atoms with E-state index >= 15 is 0 Å². The van der Waals surface area contributed by atoms with Crippen molar-refractivity contribution >= 4 is 16.9 Å². The molecule has 0 amide bonds. The van der Waals surface area contributed by atoms with Crippen LogP contribution < -0.4 is 10.5 Å². The molecule has 2 heterocycles. The topological polar surface area (TPSA) is 118 Å². The number of furan rings is 1. The minimum absolute atomic E-state index is 0.0844. The quantitative estimate of drug-likeness (QED) is 0.213. The standard InChI is InChI=1S/C29H30N2O5.2C2H6.CH4O/c30-17-20-4-3-6-22(12-20)26-14-21(19-35-27-7-2-1-5-23(27)16-28(32)33)13-24-15-25(36-29(24)26)18-31-8-10-34-11-9-31;3*1-2/h1-7,12-15H,8-11,16-19,30H2,(H,32,33);2*1-2H3;2H,1H3. The molecule has 1 aromatic heterocycles. The molecule has 4 aromatic rings. The van der Waals surface area contributed by atoms with Crippen molar-refractivity contribution in [3.05, 3.63) is 89.2 Å². The van der Waals surface area contributed by atoms with Gasteiger partial charge in [-0.1, -0.05) is 64.1 Å². The molecule has 0 spiro atoms. The Kier molecular flexibility index (Phi) is 15.4. The van der Waals surface area contributed by atoms with Gasteiger partial charge in [0.05, 0.1) is 26.2 Å². The predicted octanol–water partition coefficient (Wildman–Crippen LogP) is 6.26. The van der Waals surface area contributed by atoms with Gasteiger partial charge in [-0.3, -0.25) is 9.69 Å². The second-order valence-electron chi connectivity index (χ2n) is 9.03. The molecule has 0 saturated carbocycles. The normalized spacial score (nSPS) is 12.6. The Morgan fingerprint density at radius 2 is 1.64 bits per heavy atom. The highest BCUT2D eigenvalue weighted by atomic mass is 16.5. The number of para-hydroxylation sites is 1. The van der Waals surface area contributed by atoms with Gasteiger partial charge >= 0.3 is 5.97 Å². The predicted molar refractivity (Wildman–Crippen MR) is 169 cm³/mol. The Morgan fingerprint density at radius 3 is 2.33 bits per heavy atom. The molecule has 8 heteroatoms. The second-order valence-corrected chi connectivity index (χ2v) is 9.03. The molecule has 0 aliphatic carbocycles. The zero-order valence-electron chi connectivity index (χ0n) is 25.6. The molecule has 4 N–H and O–H groups in total. The van der Waals surface area contributed by atoms with E-state index in [9.17, 15) is 9.90 Å². The van der Waals surface area contributed by atoms with Crippen molar-refractivity contribution in [2.24, 2.45) is 5.73 Å². The first kappa shape index (κ1) is 34.5. The number of carboxylic acid groups (broad SMARTS) is 1. The number of fused-ring (bicyclic) bond motifs is 1. The third-order valence-corrected chi connectivity index (χ3v) is 6.39. The number of nitrogens with zero attached hydrogens (tertiary/aromatic N) is 1. The Morgan fingerprint density at radius 1 is 0.929 bits per heavy atom. The van der Waals surface area contributed by atoms with Gasteiger partial charge in [0.1, 0.15) is 23.7 Å². The molecular weight excluding hydrogens is 532 g/mol. The van der Waals surface area contributed by atoms with Crippen LogP contribution in [0.4, 0.5) is 0 Å². The van der Waals surface area contributed by atoms with Gasteiger partial charge in [0.25, 0.3) is 0 Å². The number of aliphatic hydroxyl groups is 1. The molecule has 8 nitrogen and oxygen atoms in total. The monoisotopic (exact) mass is 578 g/mol. The first-order chi connectivity index (χ1) is 20.6. The summed E-state index contributed by atoms with van der Waals surface area (Å²) in [6.07, 6.45) is -0.0844. The van der Waals surface area contributed by atoms with Crippen molar-refractivity contribution < 1.29 is 28.9 Å². The fourth-order valence-corrected chi connectivity index (χ4v) is 4.60. The highest BCUT2D eigenvalue weighted by Gasteiger charge is 2.17. The molecule has 1 aliphatic rings. The van der Waals surface area contributed by atoms with Gasteiger partial charge in [0.15, 0.2) is 0 Å². The van der Waals surface area contributed by atoms with E-state index < -0.39 is 5.97 Å². The summed E-state index contributed by atoms with van der Waals surface area (Å²) in [5, 5.41) is 17.2. The summed E-state index contributed by atoms with van der Waals surface area (Å²) >= 11 is 0. The van der Waals surface area contributed by atoms with E-state index in [4.69, 9.17) is 24.7 Å². The van der Waals surface area contributed by atoms with Crippen LogP contribution in [0.3, 0.4) is 0 Å². The highest BCUT2D eigenvalue weighted by molar-refractivity contribution is 5.93. The van der Waals surface area contributed by atoms with Crippen molar-refractivity contribution in [3.8, 4) is 16.9 Å². The number of hydrogen-bond donors (Lipinski definition) is 3. The number of nitrogens with two attached hydrogens (primary N) is 1. The van der Waals surface area contributed by atoms with Gasteiger partial charge in [-0.05, 0) is 47.0 Å². The molecule has 1 aliphatic heterocycles. The van der Waals surface area contributed by atoms with Crippen LogP contribution >= 0.6 is 0 Å². The van der Waals surface area contributed by atoms with E-state index in [2.05, 4.69) is 35.2 Å². The molecule has 0 atom stereocenters. The fraction of sp³-hybridized carbons (Fsp3) is 0.382. The maximum Gasteiger partial charge on any atom is 0.307 e. The summed E-state index contributed by atoms with van der Waals surface area (Å²) in [5.41, 5.74) is 11.4. The van der Waals surface area contributed by atoms with Gasteiger partial charge in [0.2, 0.25) is 0 Å². The van der Waals surface area contributed by atoms with Gasteiger partial charge in [-0.2, -0.15) is 0 Å². The van der Waals surface area contributed by atoms with Crippen LogP contribution in [0, 0.1) is 0 Å². The number of ether oxygens (including phenoxy) is 2. The highest BCUT2D eigenvalue weighted by Crippen LogP contribution is 2.34. The molecule has 1 saturated heterocycles. The van der Waals surface area contributed by atoms with E-state index in [0.29, 0.717) is 24.5 Å². The minimum atomic E-state index is -0.888. The zero-order valence-corrected chi connectivity index (χ0v) is 25.6. The van der Waals surface area contributed by atoms with Crippen molar-refractivity contribution in [3.63, 3.8) is 0 Å². The van der Waals surface area contributed by atoms with Gasteiger partial charge < -0.3 is 29.8 Å². The van der Waals surface area contributed by atoms with Crippen molar-refractivity contribution in [2.45, 2.75) is 53.8 Å². The lowest BCUT2D eigenvalue weighted by Crippen LogP contribution is -2.35. The lowest BCUT2D eigenvalue weighted by Gasteiger charge is -2.25. The summed E-state index contributed by atoms with van der Waals surface area (Å²) in [7, 11) is 1.00. The summed E-state index contributed by atoms with van der Waals surface area (Å²) in [6, 6.07) is 21.7. The number of benzene rings is 3. The van der Waals surface area contributed by atoms with Crippen LogP contribution in [0.25, 0.3) is 22.1 Å². The molecule has 228 valence electrons.